The molecule has 0 radical (unpaired) electrons. The Bertz CT molecular complexity index is 944. The smallest absolute Gasteiger partial charge is 0.311 e. The number of hydrogen-bond acceptors (Lipinski definition) is 6. The second kappa shape index (κ2) is 7.81. The summed E-state index contributed by atoms with van der Waals surface area (Å²) in [6, 6.07) is 5.78. The average molecular weight is 345 g/mol. The van der Waals surface area contributed by atoms with E-state index < -0.39 is 22.1 Å². The van der Waals surface area contributed by atoms with E-state index in [1.807, 2.05) is 0 Å². The molecular weight excluding hydrogens is 330 g/mol. The molecule has 0 saturated heterocycles. The van der Waals surface area contributed by atoms with Crippen molar-refractivity contribution in [2.75, 3.05) is 0 Å². The number of carbonyl (C=O) groups is 1. The van der Waals surface area contributed by atoms with Crippen LogP contribution in [-0.2, 0) is 11.2 Å². The van der Waals surface area contributed by atoms with Gasteiger partial charge in [0, 0.05) is 35.4 Å². The van der Waals surface area contributed by atoms with Gasteiger partial charge in [0.1, 0.15) is 0 Å². The van der Waals surface area contributed by atoms with Crippen LogP contribution in [0.3, 0.4) is 0 Å². The molecule has 0 fully saturated rings. The number of aromatic nitrogens is 2. The van der Waals surface area contributed by atoms with Gasteiger partial charge in [0.25, 0.3) is 11.2 Å². The van der Waals surface area contributed by atoms with Crippen LogP contribution in [0.2, 0.25) is 0 Å². The second-order valence-electron chi connectivity index (χ2n) is 5.16. The third-order valence-corrected chi connectivity index (χ3v) is 3.34. The first-order chi connectivity index (χ1) is 11.9. The highest BCUT2D eigenvalue weighted by molar-refractivity contribution is 5.83. The van der Waals surface area contributed by atoms with E-state index >= 15 is 0 Å². The van der Waals surface area contributed by atoms with Crippen molar-refractivity contribution in [1.29, 1.82) is 0 Å². The molecule has 130 valence electrons. The van der Waals surface area contributed by atoms with Crippen molar-refractivity contribution in [2.45, 2.75) is 19.8 Å². The Labute approximate surface area is 140 Å². The van der Waals surface area contributed by atoms with E-state index in [9.17, 15) is 24.5 Å². The lowest BCUT2D eigenvalue weighted by Crippen LogP contribution is -2.28. The Hall–Kier alpha value is -3.56. The van der Waals surface area contributed by atoms with Gasteiger partial charge in [0.15, 0.2) is 0 Å². The molecule has 3 N–H and O–H groups in total. The number of aryl methyl sites for hydroxylation is 1. The summed E-state index contributed by atoms with van der Waals surface area (Å²) in [5.41, 5.74) is 2.25. The number of hydrazone groups is 1. The van der Waals surface area contributed by atoms with Crippen molar-refractivity contribution in [1.82, 2.24) is 15.4 Å². The highest BCUT2D eigenvalue weighted by Crippen LogP contribution is 2.11. The average Bonchev–Trinajstić information content (AvgIpc) is 2.54. The number of nitrogens with one attached hydrogen (secondary N) is 3. The summed E-state index contributed by atoms with van der Waals surface area (Å²) >= 11 is 0. The third-order valence-electron chi connectivity index (χ3n) is 3.34. The Morgan fingerprint density at radius 1 is 1.36 bits per heavy atom. The van der Waals surface area contributed by atoms with Gasteiger partial charge in [0.05, 0.1) is 11.1 Å². The Morgan fingerprint density at radius 3 is 2.80 bits per heavy atom. The van der Waals surface area contributed by atoms with Crippen molar-refractivity contribution >= 4 is 17.8 Å². The van der Waals surface area contributed by atoms with Crippen LogP contribution < -0.4 is 16.7 Å². The lowest BCUT2D eigenvalue weighted by atomic mass is 10.1. The van der Waals surface area contributed by atoms with Crippen LogP contribution in [0.15, 0.2) is 39.0 Å². The molecule has 25 heavy (non-hydrogen) atoms. The first kappa shape index (κ1) is 17.8. The summed E-state index contributed by atoms with van der Waals surface area (Å²) in [7, 11) is 0. The van der Waals surface area contributed by atoms with E-state index in [0.717, 1.165) is 0 Å². The van der Waals surface area contributed by atoms with Crippen LogP contribution in [0.1, 0.15) is 23.2 Å². The Kier molecular flexibility index (Phi) is 5.56. The minimum Gasteiger partial charge on any atom is -0.311 e. The highest BCUT2D eigenvalue weighted by atomic mass is 16.6. The number of non-ortho nitro benzene ring substituents is 1. The normalized spacial score (nSPS) is 10.8. The molecule has 0 saturated carbocycles. The van der Waals surface area contributed by atoms with E-state index in [0.29, 0.717) is 16.8 Å². The predicted molar refractivity (Wildman–Crippen MR) is 89.6 cm³/mol. The molecule has 0 aliphatic heterocycles. The van der Waals surface area contributed by atoms with Crippen LogP contribution in [0.5, 0.6) is 0 Å². The van der Waals surface area contributed by atoms with Crippen molar-refractivity contribution in [2.24, 2.45) is 5.10 Å². The number of nitro benzene ring substituents is 1. The fourth-order valence-corrected chi connectivity index (χ4v) is 2.12. The van der Waals surface area contributed by atoms with Gasteiger partial charge in [-0.2, -0.15) is 5.10 Å². The largest absolute Gasteiger partial charge is 0.325 e. The number of rotatable bonds is 6. The maximum Gasteiger partial charge on any atom is 0.325 e. The van der Waals surface area contributed by atoms with E-state index in [2.05, 4.69) is 20.5 Å². The summed E-state index contributed by atoms with van der Waals surface area (Å²) < 4.78 is 0. The van der Waals surface area contributed by atoms with Crippen LogP contribution in [0, 0.1) is 17.0 Å². The topological polar surface area (TPSA) is 150 Å². The third kappa shape index (κ3) is 4.96. The zero-order chi connectivity index (χ0) is 18.4. The maximum atomic E-state index is 11.8. The molecular formula is C15H15N5O5. The second-order valence-corrected chi connectivity index (χ2v) is 5.16. The fraction of sp³-hybridized carbons (Fsp3) is 0.200. The highest BCUT2D eigenvalue weighted by Gasteiger charge is 2.09. The number of nitrogens with zero attached hydrogens (tertiary/aromatic N) is 2. The quantitative estimate of drug-likeness (QED) is 0.392. The van der Waals surface area contributed by atoms with Crippen LogP contribution in [0.25, 0.3) is 0 Å². The summed E-state index contributed by atoms with van der Waals surface area (Å²) in [4.78, 5) is 49.2. The monoisotopic (exact) mass is 345 g/mol. The van der Waals surface area contributed by atoms with Crippen molar-refractivity contribution in [3.05, 3.63) is 72.0 Å². The first-order valence-corrected chi connectivity index (χ1v) is 7.25. The lowest BCUT2D eigenvalue weighted by Gasteiger charge is -2.03. The molecule has 2 aromatic rings. The standard InChI is InChI=1S/C15H15N5O5/c1-9-12(14(22)18-15(23)17-9)5-6-13(21)19-16-8-10-3-2-4-11(7-10)20(24)25/h2-4,7-8H,5-6H2,1H3,(H,19,21)(H2,17,18,22,23)/b16-8+. The number of aromatic amines is 2. The van der Waals surface area contributed by atoms with Crippen molar-refractivity contribution < 1.29 is 9.72 Å². The number of H-pyrrole nitrogens is 2. The summed E-state index contributed by atoms with van der Waals surface area (Å²) in [5.74, 6) is -0.438. The summed E-state index contributed by atoms with van der Waals surface area (Å²) in [6.45, 7) is 1.57. The molecule has 10 heteroatoms. The maximum absolute atomic E-state index is 11.8. The molecule has 10 nitrogen and oxygen atoms in total. The van der Waals surface area contributed by atoms with Gasteiger partial charge < -0.3 is 4.98 Å². The number of nitro groups is 1. The zero-order valence-corrected chi connectivity index (χ0v) is 13.2. The molecule has 0 aliphatic carbocycles. The predicted octanol–water partition coefficient (Wildman–Crippen LogP) is 0.363. The van der Waals surface area contributed by atoms with Gasteiger partial charge in [-0.1, -0.05) is 12.1 Å². The van der Waals surface area contributed by atoms with Gasteiger partial charge in [-0.05, 0) is 13.3 Å². The molecule has 0 unspecified atom stereocenters. The Morgan fingerprint density at radius 2 is 2.12 bits per heavy atom. The number of hydrogen-bond donors (Lipinski definition) is 3. The molecule has 0 bridgehead atoms. The number of benzene rings is 1. The molecule has 0 atom stereocenters. The van der Waals surface area contributed by atoms with Crippen molar-refractivity contribution in [3.63, 3.8) is 0 Å². The summed E-state index contributed by atoms with van der Waals surface area (Å²) in [6.07, 6.45) is 1.40. The van der Waals surface area contributed by atoms with E-state index in [4.69, 9.17) is 0 Å². The molecule has 1 amide bonds. The molecule has 0 spiro atoms. The minimum atomic E-state index is -0.600. The van der Waals surface area contributed by atoms with E-state index in [1.54, 1.807) is 13.0 Å². The molecule has 1 aromatic carbocycles. The van der Waals surface area contributed by atoms with E-state index in [1.165, 1.54) is 24.4 Å². The zero-order valence-electron chi connectivity index (χ0n) is 13.2. The lowest BCUT2D eigenvalue weighted by molar-refractivity contribution is -0.384. The van der Waals surface area contributed by atoms with Gasteiger partial charge >= 0.3 is 5.69 Å². The summed E-state index contributed by atoms with van der Waals surface area (Å²) in [5, 5.41) is 14.4. The minimum absolute atomic E-state index is 0.0117. The number of carbonyl (C=O) groups excluding carboxylic acids is 1. The number of amides is 1. The van der Waals surface area contributed by atoms with Crippen LogP contribution in [-0.4, -0.2) is 27.0 Å². The SMILES string of the molecule is Cc1[nH]c(=O)[nH]c(=O)c1CCC(=O)N/N=C/c1cccc([N+](=O)[O-])c1. The molecule has 1 heterocycles. The Balaban J connectivity index is 1.93. The molecule has 0 aliphatic rings. The van der Waals surface area contributed by atoms with Gasteiger partial charge in [-0.3, -0.25) is 24.7 Å². The van der Waals surface area contributed by atoms with Gasteiger partial charge in [-0.25, -0.2) is 10.2 Å². The fourth-order valence-electron chi connectivity index (χ4n) is 2.12. The van der Waals surface area contributed by atoms with E-state index in [-0.39, 0.29) is 18.5 Å². The van der Waals surface area contributed by atoms with Crippen LogP contribution >= 0.6 is 0 Å². The molecule has 2 rings (SSSR count). The molecule has 1 aromatic heterocycles. The van der Waals surface area contributed by atoms with Gasteiger partial charge in [0.2, 0.25) is 5.91 Å². The van der Waals surface area contributed by atoms with Crippen molar-refractivity contribution in [3.8, 4) is 0 Å². The van der Waals surface area contributed by atoms with Gasteiger partial charge in [-0.15, -0.1) is 0 Å². The van der Waals surface area contributed by atoms with Crippen LogP contribution in [0.4, 0.5) is 5.69 Å². The first-order valence-electron chi connectivity index (χ1n) is 7.25.